The highest BCUT2D eigenvalue weighted by atomic mass is 16.7. The van der Waals surface area contributed by atoms with Gasteiger partial charge in [0.2, 0.25) is 23.5 Å². The Kier molecular flexibility index (Phi) is 8.62. The molecule has 0 bridgehead atoms. The zero-order chi connectivity index (χ0) is 32.1. The minimum Gasteiger partial charge on any atom is -0.508 e. The molecule has 2 aliphatic heterocycles. The van der Waals surface area contributed by atoms with Gasteiger partial charge in [-0.3, -0.25) is 4.79 Å². The Morgan fingerprint density at radius 2 is 1.55 bits per heavy atom. The summed E-state index contributed by atoms with van der Waals surface area (Å²) in [5.74, 6) is -7.12. The number of hydrogen-bond donors (Lipinski definition) is 11. The molecule has 0 amide bonds. The number of rotatable bonds is 7. The van der Waals surface area contributed by atoms with Crippen LogP contribution in [-0.4, -0.2) is 131 Å². The Hall–Kier alpha value is -3.75. The summed E-state index contributed by atoms with van der Waals surface area (Å²) in [6, 6.07) is 6.25. The van der Waals surface area contributed by atoms with Gasteiger partial charge < -0.3 is 79.5 Å². The second-order valence-corrected chi connectivity index (χ2v) is 10.3. The number of phenolic OH excluding ortho intramolecular Hbond substituents is 3. The zero-order valence-corrected chi connectivity index (χ0v) is 22.5. The van der Waals surface area contributed by atoms with Gasteiger partial charge >= 0.3 is 0 Å². The molecule has 17 nitrogen and oxygen atoms in total. The van der Waals surface area contributed by atoms with Crippen molar-refractivity contribution in [3.63, 3.8) is 0 Å². The maximum atomic E-state index is 13.4. The van der Waals surface area contributed by atoms with Crippen LogP contribution in [0.15, 0.2) is 39.5 Å². The molecule has 0 unspecified atom stereocenters. The van der Waals surface area contributed by atoms with E-state index >= 15 is 0 Å². The van der Waals surface area contributed by atoms with Crippen molar-refractivity contribution in [1.29, 1.82) is 0 Å². The number of ether oxygens (including phenoxy) is 4. The molecule has 5 rings (SSSR count). The van der Waals surface area contributed by atoms with Gasteiger partial charge in [0.15, 0.2) is 16.8 Å². The molecule has 0 aliphatic carbocycles. The maximum Gasteiger partial charge on any atom is 0.263 e. The van der Waals surface area contributed by atoms with Crippen LogP contribution in [0.25, 0.3) is 22.3 Å². The second-order valence-electron chi connectivity index (χ2n) is 10.3. The van der Waals surface area contributed by atoms with Gasteiger partial charge in [0.05, 0.1) is 13.2 Å². The third-order valence-electron chi connectivity index (χ3n) is 7.43. The van der Waals surface area contributed by atoms with Gasteiger partial charge in [-0.1, -0.05) is 0 Å². The number of benzene rings is 2. The lowest BCUT2D eigenvalue weighted by molar-refractivity contribution is -0.319. The number of fused-ring (bicyclic) bond motifs is 1. The van der Waals surface area contributed by atoms with Crippen LogP contribution in [-0.2, 0) is 9.47 Å². The third kappa shape index (κ3) is 5.28. The van der Waals surface area contributed by atoms with Crippen LogP contribution in [0.4, 0.5) is 0 Å². The van der Waals surface area contributed by atoms with Crippen molar-refractivity contribution in [2.45, 2.75) is 54.8 Å². The molecule has 0 radical (unpaired) electrons. The fourth-order valence-corrected chi connectivity index (χ4v) is 4.88. The minimum absolute atomic E-state index is 0.108. The molecule has 2 fully saturated rings. The smallest absolute Gasteiger partial charge is 0.263 e. The van der Waals surface area contributed by atoms with Crippen LogP contribution >= 0.6 is 0 Å². The van der Waals surface area contributed by atoms with Crippen LogP contribution in [0.2, 0.25) is 0 Å². The van der Waals surface area contributed by atoms with E-state index in [1.165, 1.54) is 24.3 Å². The fraction of sp³-hybridized carbons (Fsp3) is 0.444. The molecule has 17 heteroatoms. The normalized spacial score (nSPS) is 32.5. The van der Waals surface area contributed by atoms with E-state index in [1.54, 1.807) is 0 Å². The molecule has 9 atom stereocenters. The molecule has 2 aromatic carbocycles. The number of aromatic hydroxyl groups is 3. The first-order valence-electron chi connectivity index (χ1n) is 13.1. The van der Waals surface area contributed by atoms with Crippen LogP contribution < -0.4 is 14.9 Å². The average Bonchev–Trinajstić information content (AvgIpc) is 3.01. The number of aliphatic hydroxyl groups excluding tert-OH is 8. The molecule has 240 valence electrons. The SMILES string of the molecule is O=c1cc(-c2ccc(O)cc2)oc2c(O[C@@H]3O[C@H](CO)[C@H](O)[C@H](O)[C@H]3O)c(O)c(O[C@]3(CO)OC[C@H](O)[C@@H](O)[C@H]3O)c(O)c12. The van der Waals surface area contributed by atoms with Crippen molar-refractivity contribution in [3.8, 4) is 40.1 Å². The quantitative estimate of drug-likeness (QED) is 0.124. The van der Waals surface area contributed by atoms with E-state index in [-0.39, 0.29) is 17.1 Å². The van der Waals surface area contributed by atoms with Crippen molar-refractivity contribution in [1.82, 2.24) is 0 Å². The molecule has 2 aliphatic rings. The summed E-state index contributed by atoms with van der Waals surface area (Å²) in [6.45, 7) is -2.74. The number of hydrogen-bond acceptors (Lipinski definition) is 17. The van der Waals surface area contributed by atoms with Crippen molar-refractivity contribution in [2.75, 3.05) is 19.8 Å². The van der Waals surface area contributed by atoms with Gasteiger partial charge in [0.1, 0.15) is 66.2 Å². The summed E-state index contributed by atoms with van der Waals surface area (Å²) in [4.78, 5) is 13.4. The highest BCUT2D eigenvalue weighted by Gasteiger charge is 2.53. The monoisotopic (exact) mass is 626 g/mol. The average molecular weight is 627 g/mol. The molecule has 0 saturated carbocycles. The zero-order valence-electron chi connectivity index (χ0n) is 22.5. The van der Waals surface area contributed by atoms with Gasteiger partial charge in [-0.05, 0) is 24.3 Å². The van der Waals surface area contributed by atoms with Gasteiger partial charge in [-0.15, -0.1) is 0 Å². The third-order valence-corrected chi connectivity index (χ3v) is 7.43. The largest absolute Gasteiger partial charge is 0.508 e. The molecule has 2 saturated heterocycles. The van der Waals surface area contributed by atoms with Gasteiger partial charge in [-0.2, -0.15) is 0 Å². The van der Waals surface area contributed by atoms with Gasteiger partial charge in [-0.25, -0.2) is 0 Å². The highest BCUT2D eigenvalue weighted by molar-refractivity contribution is 5.95. The molecule has 11 N–H and O–H groups in total. The standard InChI is InChI=1S/C27H30O17/c28-6-14-17(34)19(36)20(37)26(42-14)43-24-21(38)23(44-27(8-29)25(39)16(33)12(32)7-40-27)18(35)15-11(31)5-13(41-22(15)24)9-1-3-10(30)4-2-9/h1-5,12,14,16-17,19-20,25-26,28-30,32-39H,6-8H2/t12-,14+,16+,17-,19-,20+,25+,26-,27-/m0/s1. The fourth-order valence-electron chi connectivity index (χ4n) is 4.88. The van der Waals surface area contributed by atoms with Gasteiger partial charge in [0.25, 0.3) is 5.79 Å². The summed E-state index contributed by atoms with van der Waals surface area (Å²) >= 11 is 0. The molecular weight excluding hydrogens is 596 g/mol. The molecule has 3 heterocycles. The van der Waals surface area contributed by atoms with E-state index in [9.17, 15) is 61.0 Å². The molecule has 1 aromatic heterocycles. The topological polar surface area (TPSA) is 290 Å². The number of phenols is 3. The Labute approximate surface area is 246 Å². The summed E-state index contributed by atoms with van der Waals surface area (Å²) in [6.07, 6.45) is -14.9. The summed E-state index contributed by atoms with van der Waals surface area (Å²) in [7, 11) is 0. The second kappa shape index (κ2) is 12.0. The van der Waals surface area contributed by atoms with E-state index in [4.69, 9.17) is 23.4 Å². The van der Waals surface area contributed by atoms with Crippen molar-refractivity contribution in [2.24, 2.45) is 0 Å². The van der Waals surface area contributed by atoms with E-state index in [0.717, 1.165) is 6.07 Å². The van der Waals surface area contributed by atoms with Crippen molar-refractivity contribution in [3.05, 3.63) is 40.6 Å². The van der Waals surface area contributed by atoms with E-state index in [2.05, 4.69) is 0 Å². The highest BCUT2D eigenvalue weighted by Crippen LogP contribution is 2.52. The van der Waals surface area contributed by atoms with Crippen molar-refractivity contribution >= 4 is 11.0 Å². The molecule has 44 heavy (non-hydrogen) atoms. The van der Waals surface area contributed by atoms with Crippen LogP contribution in [0.1, 0.15) is 0 Å². The van der Waals surface area contributed by atoms with Crippen LogP contribution in [0.3, 0.4) is 0 Å². The van der Waals surface area contributed by atoms with Gasteiger partial charge in [0, 0.05) is 11.6 Å². The van der Waals surface area contributed by atoms with E-state index in [1.807, 2.05) is 0 Å². The van der Waals surface area contributed by atoms with Crippen LogP contribution in [0.5, 0.6) is 28.7 Å². The maximum absolute atomic E-state index is 13.4. The molecule has 0 spiro atoms. The first kappa shape index (κ1) is 31.7. The predicted molar refractivity (Wildman–Crippen MR) is 142 cm³/mol. The Morgan fingerprint density at radius 3 is 2.18 bits per heavy atom. The minimum atomic E-state index is -2.62. The summed E-state index contributed by atoms with van der Waals surface area (Å²) in [5, 5.41) is 113. The number of aliphatic hydroxyl groups is 8. The lowest BCUT2D eigenvalue weighted by Gasteiger charge is -2.43. The lowest BCUT2D eigenvalue weighted by atomic mass is 9.97. The molecular formula is C27H30O17. The van der Waals surface area contributed by atoms with E-state index in [0.29, 0.717) is 0 Å². The summed E-state index contributed by atoms with van der Waals surface area (Å²) < 4.78 is 27.5. The summed E-state index contributed by atoms with van der Waals surface area (Å²) in [5.41, 5.74) is -1.39. The Bertz CT molecular complexity index is 1550. The lowest BCUT2D eigenvalue weighted by Crippen LogP contribution is -2.65. The predicted octanol–water partition coefficient (Wildman–Crippen LogP) is -3.06. The van der Waals surface area contributed by atoms with Crippen molar-refractivity contribution < 1.29 is 79.5 Å². The van der Waals surface area contributed by atoms with E-state index < -0.39 is 114 Å². The first-order chi connectivity index (χ1) is 20.8. The molecule has 3 aromatic rings. The van der Waals surface area contributed by atoms with Crippen LogP contribution in [0, 0.1) is 0 Å². The first-order valence-corrected chi connectivity index (χ1v) is 13.1. The Morgan fingerprint density at radius 1 is 0.864 bits per heavy atom. The Balaban J connectivity index is 1.71.